The minimum absolute atomic E-state index is 0.387. The van der Waals surface area contributed by atoms with Gasteiger partial charge in [0.05, 0.1) is 5.56 Å². The number of amides is 1. The van der Waals surface area contributed by atoms with Gasteiger partial charge in [0.2, 0.25) is 0 Å². The van der Waals surface area contributed by atoms with Crippen molar-refractivity contribution in [1.82, 2.24) is 4.57 Å². The Kier molecular flexibility index (Phi) is 5.70. The molecule has 150 valence electrons. The predicted molar refractivity (Wildman–Crippen MR) is 119 cm³/mol. The third kappa shape index (κ3) is 4.37. The minimum Gasteiger partial charge on any atom is -0.382 e. The number of nitrogens with one attached hydrogen (secondary N) is 1. The summed E-state index contributed by atoms with van der Waals surface area (Å²) >= 11 is 0. The third-order valence-corrected chi connectivity index (χ3v) is 5.98. The maximum Gasteiger partial charge on any atom is 0.250 e. The highest BCUT2D eigenvalue weighted by molar-refractivity contribution is 5.99. The van der Waals surface area contributed by atoms with Crippen LogP contribution in [0, 0.1) is 6.92 Å². The molecule has 0 radical (unpaired) electrons. The Morgan fingerprint density at radius 3 is 2.62 bits per heavy atom. The molecule has 29 heavy (non-hydrogen) atoms. The van der Waals surface area contributed by atoms with Crippen LogP contribution in [0.5, 0.6) is 0 Å². The van der Waals surface area contributed by atoms with E-state index in [4.69, 9.17) is 5.73 Å². The molecular weight excluding hydrogens is 358 g/mol. The average molecular weight is 388 g/mol. The van der Waals surface area contributed by atoms with E-state index in [1.54, 1.807) is 0 Å². The summed E-state index contributed by atoms with van der Waals surface area (Å²) in [6.45, 7) is 2.15. The molecule has 2 aromatic carbocycles. The van der Waals surface area contributed by atoms with E-state index in [0.717, 1.165) is 30.6 Å². The van der Waals surface area contributed by atoms with Crippen molar-refractivity contribution in [2.75, 3.05) is 5.32 Å². The first-order valence-electron chi connectivity index (χ1n) is 10.5. The highest BCUT2D eigenvalue weighted by atomic mass is 16.1. The lowest BCUT2D eigenvalue weighted by Gasteiger charge is -2.25. The van der Waals surface area contributed by atoms with Crippen LogP contribution < -0.4 is 11.1 Å². The Hall–Kier alpha value is -3.01. The molecule has 1 amide bonds. The van der Waals surface area contributed by atoms with Crippen molar-refractivity contribution in [3.8, 4) is 5.69 Å². The maximum absolute atomic E-state index is 12.0. The van der Waals surface area contributed by atoms with E-state index in [2.05, 4.69) is 65.5 Å². The number of rotatable bonds is 6. The van der Waals surface area contributed by atoms with Gasteiger partial charge in [-0.15, -0.1) is 0 Å². The number of carbonyl (C=O) groups excluding carboxylic acids is 1. The number of hydrogen-bond acceptors (Lipinski definition) is 2. The molecule has 0 atom stereocenters. The normalized spacial score (nSPS) is 14.7. The summed E-state index contributed by atoms with van der Waals surface area (Å²) in [5.41, 5.74) is 11.9. The standard InChI is InChI=1S/C25H29N3O/c1-18-8-5-6-9-19(18)16-21-12-7-15-28(21)22-13-14-23(25(26)29)24(17-22)27-20-10-3-2-4-11-20/h5-9,12-15,17,20,27H,2-4,10-11,16H2,1H3,(H2,26,29). The first kappa shape index (κ1) is 19.3. The van der Waals surface area contributed by atoms with Gasteiger partial charge in [-0.2, -0.15) is 0 Å². The van der Waals surface area contributed by atoms with Crippen molar-refractivity contribution in [3.63, 3.8) is 0 Å². The lowest BCUT2D eigenvalue weighted by Crippen LogP contribution is -2.24. The average Bonchev–Trinajstić information content (AvgIpc) is 3.18. The Morgan fingerprint density at radius 2 is 1.86 bits per heavy atom. The maximum atomic E-state index is 12.0. The van der Waals surface area contributed by atoms with Crippen molar-refractivity contribution in [3.05, 3.63) is 83.2 Å². The number of aromatic nitrogens is 1. The lowest BCUT2D eigenvalue weighted by molar-refractivity contribution is 0.100. The molecule has 1 fully saturated rings. The number of primary amides is 1. The molecule has 1 heterocycles. The molecule has 4 nitrogen and oxygen atoms in total. The number of nitrogens with two attached hydrogens (primary N) is 1. The first-order valence-corrected chi connectivity index (χ1v) is 10.5. The smallest absolute Gasteiger partial charge is 0.250 e. The van der Waals surface area contributed by atoms with Crippen LogP contribution in [0.25, 0.3) is 5.69 Å². The van der Waals surface area contributed by atoms with Crippen LogP contribution in [-0.2, 0) is 6.42 Å². The fourth-order valence-electron chi connectivity index (χ4n) is 4.30. The zero-order valence-corrected chi connectivity index (χ0v) is 17.0. The number of anilines is 1. The van der Waals surface area contributed by atoms with Crippen LogP contribution in [0.15, 0.2) is 60.8 Å². The van der Waals surface area contributed by atoms with Crippen LogP contribution in [0.2, 0.25) is 0 Å². The van der Waals surface area contributed by atoms with Gasteiger partial charge in [0.25, 0.3) is 5.91 Å². The highest BCUT2D eigenvalue weighted by Gasteiger charge is 2.17. The Labute approximate surface area is 172 Å². The zero-order valence-electron chi connectivity index (χ0n) is 17.0. The minimum atomic E-state index is -0.387. The molecule has 0 aliphatic heterocycles. The van der Waals surface area contributed by atoms with Gasteiger partial charge in [-0.1, -0.05) is 43.5 Å². The van der Waals surface area contributed by atoms with Gasteiger partial charge in [0.1, 0.15) is 0 Å². The molecule has 3 aromatic rings. The fourth-order valence-corrected chi connectivity index (χ4v) is 4.30. The molecule has 1 aliphatic rings. The Morgan fingerprint density at radius 1 is 1.07 bits per heavy atom. The van der Waals surface area contributed by atoms with Gasteiger partial charge < -0.3 is 15.6 Å². The lowest BCUT2D eigenvalue weighted by atomic mass is 9.95. The topological polar surface area (TPSA) is 60.0 Å². The Balaban J connectivity index is 1.65. The van der Waals surface area contributed by atoms with Crippen LogP contribution >= 0.6 is 0 Å². The van der Waals surface area contributed by atoms with Gasteiger partial charge >= 0.3 is 0 Å². The fraction of sp³-hybridized carbons (Fsp3) is 0.320. The Bertz CT molecular complexity index is 999. The summed E-state index contributed by atoms with van der Waals surface area (Å²) in [5.74, 6) is -0.387. The molecule has 3 N–H and O–H groups in total. The van der Waals surface area contributed by atoms with E-state index in [9.17, 15) is 4.79 Å². The highest BCUT2D eigenvalue weighted by Crippen LogP contribution is 2.27. The van der Waals surface area contributed by atoms with Gasteiger partial charge in [-0.3, -0.25) is 4.79 Å². The molecular formula is C25H29N3O. The SMILES string of the molecule is Cc1ccccc1Cc1cccn1-c1ccc(C(N)=O)c(NC2CCCCC2)c1. The van der Waals surface area contributed by atoms with E-state index in [-0.39, 0.29) is 5.91 Å². The number of carbonyl (C=O) groups is 1. The van der Waals surface area contributed by atoms with Crippen molar-refractivity contribution in [2.24, 2.45) is 5.73 Å². The van der Waals surface area contributed by atoms with E-state index in [1.165, 1.54) is 36.1 Å². The number of hydrogen-bond donors (Lipinski definition) is 2. The quantitative estimate of drug-likeness (QED) is 0.609. The second kappa shape index (κ2) is 8.56. The van der Waals surface area contributed by atoms with E-state index >= 15 is 0 Å². The van der Waals surface area contributed by atoms with Crippen LogP contribution in [0.4, 0.5) is 5.69 Å². The summed E-state index contributed by atoms with van der Waals surface area (Å²) in [6.07, 6.45) is 9.00. The van der Waals surface area contributed by atoms with E-state index in [1.807, 2.05) is 12.1 Å². The molecule has 0 bridgehead atoms. The molecule has 4 rings (SSSR count). The molecule has 0 saturated heterocycles. The molecule has 1 aromatic heterocycles. The summed E-state index contributed by atoms with van der Waals surface area (Å²) in [4.78, 5) is 12.0. The predicted octanol–water partition coefficient (Wildman–Crippen LogP) is 5.22. The summed E-state index contributed by atoms with van der Waals surface area (Å²) < 4.78 is 2.20. The second-order valence-electron chi connectivity index (χ2n) is 8.05. The van der Waals surface area contributed by atoms with Crippen LogP contribution in [0.1, 0.15) is 59.3 Å². The number of nitrogens with zero attached hydrogens (tertiary/aromatic N) is 1. The second-order valence-corrected chi connectivity index (χ2v) is 8.05. The van der Waals surface area contributed by atoms with Gasteiger partial charge in [0, 0.05) is 35.7 Å². The van der Waals surface area contributed by atoms with E-state index < -0.39 is 0 Å². The zero-order chi connectivity index (χ0) is 20.2. The van der Waals surface area contributed by atoms with Crippen molar-refractivity contribution in [2.45, 2.75) is 51.5 Å². The number of aryl methyl sites for hydroxylation is 1. The van der Waals surface area contributed by atoms with Crippen molar-refractivity contribution >= 4 is 11.6 Å². The van der Waals surface area contributed by atoms with Gasteiger partial charge in [-0.05, 0) is 61.2 Å². The van der Waals surface area contributed by atoms with Crippen molar-refractivity contribution in [1.29, 1.82) is 0 Å². The third-order valence-electron chi connectivity index (χ3n) is 5.98. The van der Waals surface area contributed by atoms with Gasteiger partial charge in [0.15, 0.2) is 0 Å². The van der Waals surface area contributed by atoms with Crippen LogP contribution in [0.3, 0.4) is 0 Å². The van der Waals surface area contributed by atoms with Crippen molar-refractivity contribution < 1.29 is 4.79 Å². The molecule has 0 spiro atoms. The summed E-state index contributed by atoms with van der Waals surface area (Å²) in [6, 6.07) is 19.0. The monoisotopic (exact) mass is 387 g/mol. The molecule has 4 heteroatoms. The molecule has 1 aliphatic carbocycles. The molecule has 0 unspecified atom stereocenters. The van der Waals surface area contributed by atoms with Crippen LogP contribution in [-0.4, -0.2) is 16.5 Å². The van der Waals surface area contributed by atoms with E-state index in [0.29, 0.717) is 11.6 Å². The molecule has 1 saturated carbocycles. The number of benzene rings is 2. The summed E-state index contributed by atoms with van der Waals surface area (Å²) in [7, 11) is 0. The summed E-state index contributed by atoms with van der Waals surface area (Å²) in [5, 5.41) is 3.60. The first-order chi connectivity index (χ1) is 14.1. The van der Waals surface area contributed by atoms with Gasteiger partial charge in [-0.25, -0.2) is 0 Å². The largest absolute Gasteiger partial charge is 0.382 e.